The number of methoxy groups -OCH3 is 2. The van der Waals surface area contributed by atoms with E-state index in [9.17, 15) is 4.79 Å². The molecule has 0 bridgehead atoms. The van der Waals surface area contributed by atoms with Crippen LogP contribution in [0, 0.1) is 0 Å². The number of nitrogens with zero attached hydrogens (tertiary/aromatic N) is 1. The molecule has 0 saturated carbocycles. The molecule has 26 heavy (non-hydrogen) atoms. The average molecular weight is 375 g/mol. The number of carbonyl (C=O) groups excluding carboxylic acids is 1. The van der Waals surface area contributed by atoms with E-state index in [2.05, 4.69) is 0 Å². The SMILES string of the molecule is COc1cc(CN(C)C(=O)C(C)(N)c2ccccc2)c(SC)cc1OC. The Labute approximate surface area is 159 Å². The standard InChI is InChI=1S/C20H26N2O3S/c1-20(21,15-9-7-6-8-10-15)19(23)22(2)13-14-11-16(24-3)17(25-4)12-18(14)26-5/h6-12H,13,21H2,1-5H3. The zero-order chi connectivity index (χ0) is 19.3. The van der Waals surface area contributed by atoms with Crippen LogP contribution in [0.5, 0.6) is 11.5 Å². The van der Waals surface area contributed by atoms with E-state index < -0.39 is 5.54 Å². The smallest absolute Gasteiger partial charge is 0.247 e. The third-order valence-electron chi connectivity index (χ3n) is 4.36. The van der Waals surface area contributed by atoms with Gasteiger partial charge in [0.05, 0.1) is 14.2 Å². The van der Waals surface area contributed by atoms with E-state index in [1.54, 1.807) is 44.9 Å². The molecule has 140 valence electrons. The van der Waals surface area contributed by atoms with Gasteiger partial charge in [0.15, 0.2) is 11.5 Å². The van der Waals surface area contributed by atoms with Crippen molar-refractivity contribution in [2.75, 3.05) is 27.5 Å². The molecule has 5 nitrogen and oxygen atoms in total. The van der Waals surface area contributed by atoms with Gasteiger partial charge < -0.3 is 20.1 Å². The largest absolute Gasteiger partial charge is 0.493 e. The zero-order valence-electron chi connectivity index (χ0n) is 15.9. The Morgan fingerprint density at radius 3 is 2.27 bits per heavy atom. The molecule has 2 aromatic rings. The van der Waals surface area contributed by atoms with Gasteiger partial charge in [0.2, 0.25) is 5.91 Å². The first-order chi connectivity index (χ1) is 12.3. The van der Waals surface area contributed by atoms with Crippen LogP contribution in [-0.4, -0.2) is 38.3 Å². The maximum atomic E-state index is 13.0. The maximum absolute atomic E-state index is 13.0. The second kappa shape index (κ2) is 8.47. The summed E-state index contributed by atoms with van der Waals surface area (Å²) in [6, 6.07) is 13.2. The molecule has 2 N–H and O–H groups in total. The van der Waals surface area contributed by atoms with E-state index in [0.29, 0.717) is 18.0 Å². The predicted octanol–water partition coefficient (Wildman–Crippen LogP) is 3.26. The van der Waals surface area contributed by atoms with Crippen molar-refractivity contribution in [3.8, 4) is 11.5 Å². The van der Waals surface area contributed by atoms with Gasteiger partial charge in [-0.2, -0.15) is 0 Å². The van der Waals surface area contributed by atoms with Gasteiger partial charge in [0.25, 0.3) is 0 Å². The lowest BCUT2D eigenvalue weighted by Crippen LogP contribution is -2.49. The van der Waals surface area contributed by atoms with Gasteiger partial charge in [-0.3, -0.25) is 4.79 Å². The van der Waals surface area contributed by atoms with Crippen molar-refractivity contribution < 1.29 is 14.3 Å². The monoisotopic (exact) mass is 374 g/mol. The van der Waals surface area contributed by atoms with Gasteiger partial charge in [-0.15, -0.1) is 11.8 Å². The molecule has 0 spiro atoms. The molecule has 0 heterocycles. The molecular weight excluding hydrogens is 348 g/mol. The van der Waals surface area contributed by atoms with Crippen molar-refractivity contribution in [1.82, 2.24) is 4.90 Å². The summed E-state index contributed by atoms with van der Waals surface area (Å²) in [5, 5.41) is 0. The van der Waals surface area contributed by atoms with E-state index in [4.69, 9.17) is 15.2 Å². The van der Waals surface area contributed by atoms with Crippen molar-refractivity contribution in [2.24, 2.45) is 5.73 Å². The fraction of sp³-hybridized carbons (Fsp3) is 0.350. The number of hydrogen-bond donors (Lipinski definition) is 1. The molecule has 1 unspecified atom stereocenters. The Bertz CT molecular complexity index is 763. The highest BCUT2D eigenvalue weighted by atomic mass is 32.2. The minimum absolute atomic E-state index is 0.148. The summed E-state index contributed by atoms with van der Waals surface area (Å²) in [7, 11) is 4.97. The number of amides is 1. The summed E-state index contributed by atoms with van der Waals surface area (Å²) in [5.41, 5.74) is 7.04. The van der Waals surface area contributed by atoms with E-state index in [1.807, 2.05) is 48.7 Å². The van der Waals surface area contributed by atoms with Gasteiger partial charge in [-0.05, 0) is 36.4 Å². The van der Waals surface area contributed by atoms with Crippen LogP contribution >= 0.6 is 11.8 Å². The number of hydrogen-bond acceptors (Lipinski definition) is 5. The van der Waals surface area contributed by atoms with Crippen molar-refractivity contribution >= 4 is 17.7 Å². The maximum Gasteiger partial charge on any atom is 0.247 e. The first kappa shape index (κ1) is 20.1. The number of benzene rings is 2. The Morgan fingerprint density at radius 2 is 1.73 bits per heavy atom. The Balaban J connectivity index is 2.29. The molecule has 0 fully saturated rings. The number of thioether (sulfide) groups is 1. The van der Waals surface area contributed by atoms with Crippen LogP contribution in [-0.2, 0) is 16.9 Å². The normalized spacial score (nSPS) is 13.0. The number of rotatable bonds is 7. The molecule has 1 atom stereocenters. The molecule has 0 aliphatic rings. The van der Waals surface area contributed by atoms with E-state index in [0.717, 1.165) is 16.0 Å². The Hall–Kier alpha value is -2.18. The van der Waals surface area contributed by atoms with Crippen LogP contribution in [0.1, 0.15) is 18.1 Å². The molecule has 0 aliphatic heterocycles. The van der Waals surface area contributed by atoms with Crippen molar-refractivity contribution in [3.05, 3.63) is 53.6 Å². The Morgan fingerprint density at radius 1 is 1.15 bits per heavy atom. The molecule has 2 rings (SSSR count). The van der Waals surface area contributed by atoms with Crippen LogP contribution in [0.2, 0.25) is 0 Å². The summed E-state index contributed by atoms with van der Waals surface area (Å²) in [6.45, 7) is 2.17. The lowest BCUT2D eigenvalue weighted by Gasteiger charge is -2.30. The molecule has 1 amide bonds. The van der Waals surface area contributed by atoms with E-state index in [-0.39, 0.29) is 5.91 Å². The van der Waals surface area contributed by atoms with Crippen molar-refractivity contribution in [3.63, 3.8) is 0 Å². The molecule has 6 heteroatoms. The minimum atomic E-state index is -1.09. The third-order valence-corrected chi connectivity index (χ3v) is 5.18. The number of nitrogens with two attached hydrogens (primary N) is 1. The zero-order valence-corrected chi connectivity index (χ0v) is 16.7. The summed E-state index contributed by atoms with van der Waals surface area (Å²) in [5.74, 6) is 1.16. The van der Waals surface area contributed by atoms with Crippen LogP contribution < -0.4 is 15.2 Å². The summed E-state index contributed by atoms with van der Waals surface area (Å²) < 4.78 is 10.8. The van der Waals surface area contributed by atoms with Crippen LogP contribution in [0.25, 0.3) is 0 Å². The Kier molecular flexibility index (Phi) is 6.56. The van der Waals surface area contributed by atoms with Crippen LogP contribution in [0.15, 0.2) is 47.4 Å². The first-order valence-electron chi connectivity index (χ1n) is 8.24. The van der Waals surface area contributed by atoms with E-state index >= 15 is 0 Å². The van der Waals surface area contributed by atoms with Gasteiger partial charge in [0.1, 0.15) is 5.54 Å². The number of carbonyl (C=O) groups is 1. The molecule has 0 aliphatic carbocycles. The van der Waals surface area contributed by atoms with E-state index in [1.165, 1.54) is 0 Å². The molecule has 0 aromatic heterocycles. The second-order valence-corrected chi connectivity index (χ2v) is 7.10. The van der Waals surface area contributed by atoms with Crippen LogP contribution in [0.4, 0.5) is 0 Å². The van der Waals surface area contributed by atoms with Gasteiger partial charge in [0, 0.05) is 18.5 Å². The van der Waals surface area contributed by atoms with Crippen molar-refractivity contribution in [1.29, 1.82) is 0 Å². The molecule has 2 aromatic carbocycles. The minimum Gasteiger partial charge on any atom is -0.493 e. The van der Waals surface area contributed by atoms with Gasteiger partial charge in [-0.25, -0.2) is 0 Å². The lowest BCUT2D eigenvalue weighted by molar-refractivity contribution is -0.136. The summed E-state index contributed by atoms with van der Waals surface area (Å²) in [6.07, 6.45) is 1.99. The number of ether oxygens (including phenoxy) is 2. The highest BCUT2D eigenvalue weighted by Crippen LogP contribution is 2.35. The molecule has 0 saturated heterocycles. The second-order valence-electron chi connectivity index (χ2n) is 6.25. The summed E-state index contributed by atoms with van der Waals surface area (Å²) >= 11 is 1.60. The quantitative estimate of drug-likeness (QED) is 0.754. The average Bonchev–Trinajstić information content (AvgIpc) is 2.67. The molecular formula is C20H26N2O3S. The van der Waals surface area contributed by atoms with Gasteiger partial charge in [-0.1, -0.05) is 30.3 Å². The van der Waals surface area contributed by atoms with Gasteiger partial charge >= 0.3 is 0 Å². The van der Waals surface area contributed by atoms with Crippen molar-refractivity contribution in [2.45, 2.75) is 23.9 Å². The van der Waals surface area contributed by atoms with Crippen LogP contribution in [0.3, 0.4) is 0 Å². The lowest BCUT2D eigenvalue weighted by atomic mass is 9.91. The fourth-order valence-corrected chi connectivity index (χ4v) is 3.46. The fourth-order valence-electron chi connectivity index (χ4n) is 2.85. The first-order valence-corrected chi connectivity index (χ1v) is 9.46. The number of likely N-dealkylation sites (N-methyl/N-ethyl adjacent to an activating group) is 1. The summed E-state index contributed by atoms with van der Waals surface area (Å²) in [4.78, 5) is 15.7. The third kappa shape index (κ3) is 4.14. The highest BCUT2D eigenvalue weighted by Gasteiger charge is 2.33. The highest BCUT2D eigenvalue weighted by molar-refractivity contribution is 7.98. The predicted molar refractivity (Wildman–Crippen MR) is 106 cm³/mol. The molecule has 0 radical (unpaired) electrons. The topological polar surface area (TPSA) is 64.8 Å².